The van der Waals surface area contributed by atoms with Gasteiger partial charge in [-0.1, -0.05) is 0 Å². The molecule has 0 aliphatic carbocycles. The molecule has 8 heteroatoms. The number of rotatable bonds is 7. The number of sulfonamides is 1. The molecule has 2 aromatic rings. The SMILES string of the molecule is COc1ccc(NC(=O)C(C)Oc2ccc(N(C)S(C)(=O)=O)cc2)cc1. The van der Waals surface area contributed by atoms with Crippen LogP contribution in [0.5, 0.6) is 11.5 Å². The van der Waals surface area contributed by atoms with E-state index in [4.69, 9.17) is 9.47 Å². The van der Waals surface area contributed by atoms with Crippen LogP contribution >= 0.6 is 0 Å². The summed E-state index contributed by atoms with van der Waals surface area (Å²) in [6.07, 6.45) is 0.402. The number of amides is 1. The molecule has 0 aliphatic rings. The van der Waals surface area contributed by atoms with Gasteiger partial charge >= 0.3 is 0 Å². The summed E-state index contributed by atoms with van der Waals surface area (Å²) in [6.45, 7) is 1.63. The number of hydrogen-bond acceptors (Lipinski definition) is 5. The number of carbonyl (C=O) groups excluding carboxylic acids is 1. The summed E-state index contributed by atoms with van der Waals surface area (Å²) in [5, 5.41) is 2.76. The Morgan fingerprint density at radius 2 is 1.58 bits per heavy atom. The zero-order valence-corrected chi connectivity index (χ0v) is 15.9. The highest BCUT2D eigenvalue weighted by Gasteiger charge is 2.16. The molecule has 1 unspecified atom stereocenters. The maximum atomic E-state index is 12.2. The van der Waals surface area contributed by atoms with Crippen molar-refractivity contribution in [1.82, 2.24) is 0 Å². The predicted molar refractivity (Wildman–Crippen MR) is 101 cm³/mol. The quantitative estimate of drug-likeness (QED) is 0.800. The van der Waals surface area contributed by atoms with Crippen LogP contribution in [0.4, 0.5) is 11.4 Å². The van der Waals surface area contributed by atoms with Crippen molar-refractivity contribution in [3.05, 3.63) is 48.5 Å². The van der Waals surface area contributed by atoms with Crippen molar-refractivity contribution in [3.63, 3.8) is 0 Å². The fourth-order valence-electron chi connectivity index (χ4n) is 2.10. The van der Waals surface area contributed by atoms with E-state index < -0.39 is 16.1 Å². The molecular weight excluding hydrogens is 356 g/mol. The first-order valence-corrected chi connectivity index (χ1v) is 9.71. The van der Waals surface area contributed by atoms with Crippen molar-refractivity contribution in [3.8, 4) is 11.5 Å². The molecule has 0 aliphatic heterocycles. The number of ether oxygens (including phenoxy) is 2. The molecule has 0 saturated carbocycles. The van der Waals surface area contributed by atoms with E-state index in [-0.39, 0.29) is 5.91 Å². The van der Waals surface area contributed by atoms with Crippen LogP contribution in [0.25, 0.3) is 0 Å². The Morgan fingerprint density at radius 3 is 2.08 bits per heavy atom. The highest BCUT2D eigenvalue weighted by atomic mass is 32.2. The predicted octanol–water partition coefficient (Wildman–Crippen LogP) is 2.50. The third kappa shape index (κ3) is 5.13. The van der Waals surface area contributed by atoms with Gasteiger partial charge in [0.05, 0.1) is 19.1 Å². The van der Waals surface area contributed by atoms with E-state index in [0.29, 0.717) is 22.9 Å². The molecule has 0 bridgehead atoms. The number of nitrogens with one attached hydrogen (secondary N) is 1. The molecule has 1 amide bonds. The van der Waals surface area contributed by atoms with Crippen molar-refractivity contribution in [2.24, 2.45) is 0 Å². The largest absolute Gasteiger partial charge is 0.497 e. The van der Waals surface area contributed by atoms with E-state index in [1.807, 2.05) is 0 Å². The Morgan fingerprint density at radius 1 is 1.04 bits per heavy atom. The summed E-state index contributed by atoms with van der Waals surface area (Å²) in [5.74, 6) is 0.868. The Balaban J connectivity index is 1.97. The van der Waals surface area contributed by atoms with Crippen LogP contribution in [-0.4, -0.2) is 40.8 Å². The minimum atomic E-state index is -3.33. The molecule has 1 N–H and O–H groups in total. The van der Waals surface area contributed by atoms with Gasteiger partial charge < -0.3 is 14.8 Å². The number of hydrogen-bond donors (Lipinski definition) is 1. The summed E-state index contributed by atoms with van der Waals surface area (Å²) in [5.41, 5.74) is 1.14. The Kier molecular flexibility index (Phi) is 6.10. The first kappa shape index (κ1) is 19.6. The van der Waals surface area contributed by atoms with Crippen molar-refractivity contribution in [2.45, 2.75) is 13.0 Å². The molecule has 7 nitrogen and oxygen atoms in total. The van der Waals surface area contributed by atoms with Crippen molar-refractivity contribution in [2.75, 3.05) is 30.0 Å². The number of anilines is 2. The number of nitrogens with zero attached hydrogens (tertiary/aromatic N) is 1. The van der Waals surface area contributed by atoms with E-state index in [1.165, 1.54) is 7.05 Å². The minimum Gasteiger partial charge on any atom is -0.497 e. The fourth-order valence-corrected chi connectivity index (χ4v) is 2.61. The second-order valence-corrected chi connectivity index (χ2v) is 7.72. The number of methoxy groups -OCH3 is 1. The average Bonchev–Trinajstić information content (AvgIpc) is 2.61. The lowest BCUT2D eigenvalue weighted by Gasteiger charge is -2.18. The van der Waals surface area contributed by atoms with Crippen molar-refractivity contribution >= 4 is 27.3 Å². The van der Waals surface area contributed by atoms with Gasteiger partial charge in [-0.25, -0.2) is 8.42 Å². The Labute approximate surface area is 153 Å². The monoisotopic (exact) mass is 378 g/mol. The zero-order chi connectivity index (χ0) is 19.3. The van der Waals surface area contributed by atoms with Crippen LogP contribution in [0.15, 0.2) is 48.5 Å². The molecular formula is C18H22N2O5S. The molecule has 2 aromatic carbocycles. The molecule has 140 valence electrons. The van der Waals surface area contributed by atoms with E-state index in [0.717, 1.165) is 10.6 Å². The highest BCUT2D eigenvalue weighted by Crippen LogP contribution is 2.21. The van der Waals surface area contributed by atoms with E-state index in [1.54, 1.807) is 62.6 Å². The first-order valence-electron chi connectivity index (χ1n) is 7.86. The second kappa shape index (κ2) is 8.09. The molecule has 0 aromatic heterocycles. The summed E-state index contributed by atoms with van der Waals surface area (Å²) >= 11 is 0. The number of carbonyl (C=O) groups is 1. The van der Waals surface area contributed by atoms with Gasteiger partial charge in [0.15, 0.2) is 6.10 Å². The smallest absolute Gasteiger partial charge is 0.265 e. The van der Waals surface area contributed by atoms with Crippen LogP contribution in [-0.2, 0) is 14.8 Å². The van der Waals surface area contributed by atoms with Crippen LogP contribution in [0.2, 0.25) is 0 Å². The highest BCUT2D eigenvalue weighted by molar-refractivity contribution is 7.92. The molecule has 26 heavy (non-hydrogen) atoms. The van der Waals surface area contributed by atoms with Crippen LogP contribution < -0.4 is 19.1 Å². The normalized spacial score (nSPS) is 12.2. The second-order valence-electron chi connectivity index (χ2n) is 5.70. The fraction of sp³-hybridized carbons (Fsp3) is 0.278. The maximum absolute atomic E-state index is 12.2. The minimum absolute atomic E-state index is 0.299. The molecule has 0 saturated heterocycles. The Hall–Kier alpha value is -2.74. The first-order chi connectivity index (χ1) is 12.2. The topological polar surface area (TPSA) is 84.9 Å². The average molecular weight is 378 g/mol. The lowest BCUT2D eigenvalue weighted by Crippen LogP contribution is -2.30. The maximum Gasteiger partial charge on any atom is 0.265 e. The van der Waals surface area contributed by atoms with Gasteiger partial charge in [0.1, 0.15) is 11.5 Å². The summed E-state index contributed by atoms with van der Waals surface area (Å²) in [4.78, 5) is 12.2. The summed E-state index contributed by atoms with van der Waals surface area (Å²) < 4.78 is 34.9. The van der Waals surface area contributed by atoms with Gasteiger partial charge in [0.2, 0.25) is 10.0 Å². The van der Waals surface area contributed by atoms with Gasteiger partial charge in [0, 0.05) is 12.7 Å². The molecule has 0 fully saturated rings. The third-order valence-corrected chi connectivity index (χ3v) is 4.94. The van der Waals surface area contributed by atoms with E-state index in [2.05, 4.69) is 5.32 Å². The molecule has 0 spiro atoms. The van der Waals surface area contributed by atoms with Gasteiger partial charge in [-0.15, -0.1) is 0 Å². The van der Waals surface area contributed by atoms with Crippen LogP contribution in [0.3, 0.4) is 0 Å². The molecule has 1 atom stereocenters. The molecule has 2 rings (SSSR count). The summed E-state index contributed by atoms with van der Waals surface area (Å²) in [7, 11) is -0.285. The van der Waals surface area contributed by atoms with Crippen molar-refractivity contribution < 1.29 is 22.7 Å². The molecule has 0 heterocycles. The van der Waals surface area contributed by atoms with Crippen molar-refractivity contribution in [1.29, 1.82) is 0 Å². The Bertz CT molecular complexity index is 848. The third-order valence-electron chi connectivity index (χ3n) is 3.74. The lowest BCUT2D eigenvalue weighted by molar-refractivity contribution is -0.122. The van der Waals surface area contributed by atoms with Crippen LogP contribution in [0.1, 0.15) is 6.92 Å². The summed E-state index contributed by atoms with van der Waals surface area (Å²) in [6, 6.07) is 13.4. The van der Waals surface area contributed by atoms with Gasteiger partial charge in [0.25, 0.3) is 5.91 Å². The van der Waals surface area contributed by atoms with E-state index in [9.17, 15) is 13.2 Å². The van der Waals surface area contributed by atoms with E-state index >= 15 is 0 Å². The van der Waals surface area contributed by atoms with Gasteiger partial charge in [-0.05, 0) is 55.5 Å². The van der Waals surface area contributed by atoms with Crippen LogP contribution in [0, 0.1) is 0 Å². The number of benzene rings is 2. The molecule has 0 radical (unpaired) electrons. The lowest BCUT2D eigenvalue weighted by atomic mass is 10.2. The van der Waals surface area contributed by atoms with Gasteiger partial charge in [-0.3, -0.25) is 9.10 Å². The standard InChI is InChI=1S/C18H22N2O5S/c1-13(18(21)19-14-5-9-16(24-3)10-6-14)25-17-11-7-15(8-12-17)20(2)26(4,22)23/h5-13H,1-4H3,(H,19,21). The zero-order valence-electron chi connectivity index (χ0n) is 15.1. The van der Waals surface area contributed by atoms with Gasteiger partial charge in [-0.2, -0.15) is 0 Å².